The molecule has 0 aromatic rings. The van der Waals surface area contributed by atoms with Gasteiger partial charge >= 0.3 is 12.0 Å². The molecule has 0 aliphatic carbocycles. The summed E-state index contributed by atoms with van der Waals surface area (Å²) < 4.78 is 0. The molecule has 0 radical (unpaired) electrons. The fraction of sp³-hybridized carbons (Fsp3) is 0.769. The number of hydrogen-bond acceptors (Lipinski definition) is 3. The zero-order valence-electron chi connectivity index (χ0n) is 12.5. The highest BCUT2D eigenvalue weighted by molar-refractivity contribution is 5.84. The van der Waals surface area contributed by atoms with E-state index in [-0.39, 0.29) is 24.4 Å². The van der Waals surface area contributed by atoms with E-state index in [9.17, 15) is 14.4 Å². The quantitative estimate of drug-likeness (QED) is 0.780. The molecule has 1 saturated heterocycles. The lowest BCUT2D eigenvalue weighted by Gasteiger charge is -2.43. The van der Waals surface area contributed by atoms with Crippen molar-refractivity contribution in [1.29, 1.82) is 0 Å². The number of carbonyl (C=O) groups is 3. The van der Waals surface area contributed by atoms with E-state index in [0.717, 1.165) is 0 Å². The van der Waals surface area contributed by atoms with Crippen molar-refractivity contribution in [1.82, 2.24) is 14.7 Å². The number of carboxylic acids is 1. The molecule has 7 heteroatoms. The lowest BCUT2D eigenvalue weighted by molar-refractivity contribution is -0.144. The molecule has 0 aromatic carbocycles. The van der Waals surface area contributed by atoms with Gasteiger partial charge in [-0.1, -0.05) is 6.92 Å². The van der Waals surface area contributed by atoms with Crippen LogP contribution in [-0.4, -0.2) is 78.0 Å². The summed E-state index contributed by atoms with van der Waals surface area (Å²) in [6.07, 6.45) is 0. The van der Waals surface area contributed by atoms with E-state index in [1.165, 1.54) is 9.80 Å². The first kappa shape index (κ1) is 16.3. The second-order valence-corrected chi connectivity index (χ2v) is 5.38. The van der Waals surface area contributed by atoms with Crippen molar-refractivity contribution in [2.75, 3.05) is 40.3 Å². The highest BCUT2D eigenvalue weighted by Gasteiger charge is 2.38. The van der Waals surface area contributed by atoms with E-state index in [2.05, 4.69) is 0 Å². The second-order valence-electron chi connectivity index (χ2n) is 5.38. The minimum atomic E-state index is -0.836. The largest absolute Gasteiger partial charge is 0.481 e. The van der Waals surface area contributed by atoms with Gasteiger partial charge in [0.25, 0.3) is 0 Å². The number of hydrogen-bond donors (Lipinski definition) is 1. The van der Waals surface area contributed by atoms with Gasteiger partial charge in [-0.2, -0.15) is 0 Å². The fourth-order valence-electron chi connectivity index (χ4n) is 2.01. The monoisotopic (exact) mass is 285 g/mol. The smallest absolute Gasteiger partial charge is 0.320 e. The summed E-state index contributed by atoms with van der Waals surface area (Å²) in [5.74, 6) is -1.41. The fourth-order valence-corrected chi connectivity index (χ4v) is 2.01. The van der Waals surface area contributed by atoms with Crippen molar-refractivity contribution in [3.8, 4) is 0 Å². The van der Waals surface area contributed by atoms with Crippen molar-refractivity contribution >= 4 is 17.9 Å². The van der Waals surface area contributed by atoms with Crippen LogP contribution in [-0.2, 0) is 9.59 Å². The molecule has 1 aliphatic rings. The highest BCUT2D eigenvalue weighted by Crippen LogP contribution is 2.25. The number of likely N-dealkylation sites (N-methyl/N-ethyl adjacent to an activating group) is 2. The van der Waals surface area contributed by atoms with Gasteiger partial charge in [-0.05, 0) is 6.92 Å². The Balaban J connectivity index is 2.50. The minimum absolute atomic E-state index is 0.000272. The molecule has 20 heavy (non-hydrogen) atoms. The van der Waals surface area contributed by atoms with E-state index in [4.69, 9.17) is 5.11 Å². The normalized spacial score (nSPS) is 16.3. The Bertz CT molecular complexity index is 391. The second kappa shape index (κ2) is 6.58. The molecule has 1 fully saturated rings. The first-order valence-corrected chi connectivity index (χ1v) is 6.74. The summed E-state index contributed by atoms with van der Waals surface area (Å²) in [5.41, 5.74) is 0. The topological polar surface area (TPSA) is 81.2 Å². The Labute approximate surface area is 119 Å². The number of urea groups is 1. The number of aliphatic carboxylic acids is 1. The van der Waals surface area contributed by atoms with Crippen molar-refractivity contribution in [2.24, 2.45) is 11.8 Å². The molecule has 0 spiro atoms. The predicted octanol–water partition coefficient (Wildman–Crippen LogP) is 0.169. The maximum Gasteiger partial charge on any atom is 0.320 e. The third kappa shape index (κ3) is 3.61. The van der Waals surface area contributed by atoms with Gasteiger partial charge in [0.15, 0.2) is 0 Å². The molecule has 1 atom stereocenters. The Kier molecular flexibility index (Phi) is 5.35. The van der Waals surface area contributed by atoms with Gasteiger partial charge in [-0.3, -0.25) is 9.59 Å². The zero-order chi connectivity index (χ0) is 15.4. The molecule has 0 bridgehead atoms. The van der Waals surface area contributed by atoms with Crippen LogP contribution in [0.5, 0.6) is 0 Å². The van der Waals surface area contributed by atoms with Crippen molar-refractivity contribution in [3.63, 3.8) is 0 Å². The summed E-state index contributed by atoms with van der Waals surface area (Å²) in [7, 11) is 3.30. The van der Waals surface area contributed by atoms with Crippen LogP contribution >= 0.6 is 0 Å². The molecule has 1 unspecified atom stereocenters. The van der Waals surface area contributed by atoms with E-state index in [1.54, 1.807) is 25.9 Å². The Morgan fingerprint density at radius 2 is 1.85 bits per heavy atom. The lowest BCUT2D eigenvalue weighted by Crippen LogP contribution is -2.58. The van der Waals surface area contributed by atoms with Crippen LogP contribution in [0.2, 0.25) is 0 Å². The van der Waals surface area contributed by atoms with Crippen LogP contribution in [0.25, 0.3) is 0 Å². The van der Waals surface area contributed by atoms with Gasteiger partial charge in [0.2, 0.25) is 5.91 Å². The van der Waals surface area contributed by atoms with Gasteiger partial charge in [-0.25, -0.2) is 4.79 Å². The highest BCUT2D eigenvalue weighted by atomic mass is 16.4. The summed E-state index contributed by atoms with van der Waals surface area (Å²) >= 11 is 0. The Morgan fingerprint density at radius 3 is 2.25 bits per heavy atom. The SMILES string of the molecule is CCN(CC(=O)N(C)C)C(=O)N1CC(C(C)C(=O)O)C1. The van der Waals surface area contributed by atoms with Crippen molar-refractivity contribution in [3.05, 3.63) is 0 Å². The molecular formula is C13H23N3O4. The van der Waals surface area contributed by atoms with E-state index in [0.29, 0.717) is 19.6 Å². The molecule has 0 saturated carbocycles. The molecule has 1 rings (SSSR count). The van der Waals surface area contributed by atoms with Gasteiger partial charge < -0.3 is 19.8 Å². The van der Waals surface area contributed by atoms with Crippen molar-refractivity contribution in [2.45, 2.75) is 13.8 Å². The van der Waals surface area contributed by atoms with Gasteiger partial charge in [0, 0.05) is 39.6 Å². The van der Waals surface area contributed by atoms with E-state index >= 15 is 0 Å². The number of carboxylic acid groups (broad SMARTS) is 1. The van der Waals surface area contributed by atoms with Gasteiger partial charge in [0.05, 0.1) is 5.92 Å². The third-order valence-electron chi connectivity index (χ3n) is 3.75. The van der Waals surface area contributed by atoms with E-state index < -0.39 is 11.9 Å². The molecule has 114 valence electrons. The zero-order valence-corrected chi connectivity index (χ0v) is 12.5. The summed E-state index contributed by atoms with van der Waals surface area (Å²) in [5, 5.41) is 8.91. The number of nitrogens with zero attached hydrogens (tertiary/aromatic N) is 3. The summed E-state index contributed by atoms with van der Waals surface area (Å²) in [6, 6.07) is -0.198. The van der Waals surface area contributed by atoms with Crippen LogP contribution in [0, 0.1) is 11.8 Å². The standard InChI is InChI=1S/C13H23N3O4/c1-5-15(8-11(17)14(3)4)13(20)16-6-10(7-16)9(2)12(18)19/h9-10H,5-8H2,1-4H3,(H,18,19). The van der Waals surface area contributed by atoms with Crippen molar-refractivity contribution < 1.29 is 19.5 Å². The minimum Gasteiger partial charge on any atom is -0.481 e. The summed E-state index contributed by atoms with van der Waals surface area (Å²) in [6.45, 7) is 4.86. The molecule has 1 N–H and O–H groups in total. The lowest BCUT2D eigenvalue weighted by atomic mass is 9.87. The average molecular weight is 285 g/mol. The molecule has 1 heterocycles. The number of amides is 3. The molecule has 1 aliphatic heterocycles. The number of carbonyl (C=O) groups excluding carboxylic acids is 2. The van der Waals surface area contributed by atoms with Gasteiger partial charge in [0.1, 0.15) is 6.54 Å². The maximum absolute atomic E-state index is 12.2. The first-order valence-electron chi connectivity index (χ1n) is 6.74. The van der Waals surface area contributed by atoms with Crippen LogP contribution in [0.1, 0.15) is 13.8 Å². The average Bonchev–Trinajstić information content (AvgIpc) is 2.32. The first-order chi connectivity index (χ1) is 9.27. The number of likely N-dealkylation sites (tertiary alicyclic amines) is 1. The van der Waals surface area contributed by atoms with Crippen LogP contribution < -0.4 is 0 Å². The van der Waals surface area contributed by atoms with Gasteiger partial charge in [-0.15, -0.1) is 0 Å². The Hall–Kier alpha value is -1.79. The van der Waals surface area contributed by atoms with Crippen LogP contribution in [0.4, 0.5) is 4.79 Å². The molecule has 0 aromatic heterocycles. The number of rotatable bonds is 5. The molecule has 3 amide bonds. The van der Waals surface area contributed by atoms with E-state index in [1.807, 2.05) is 6.92 Å². The summed E-state index contributed by atoms with van der Waals surface area (Å²) in [4.78, 5) is 39.2. The third-order valence-corrected chi connectivity index (χ3v) is 3.75. The Morgan fingerprint density at radius 1 is 1.30 bits per heavy atom. The molecule has 7 nitrogen and oxygen atoms in total. The predicted molar refractivity (Wildman–Crippen MR) is 73.2 cm³/mol. The van der Waals surface area contributed by atoms with Crippen LogP contribution in [0.3, 0.4) is 0 Å². The molecular weight excluding hydrogens is 262 g/mol. The maximum atomic E-state index is 12.2. The van der Waals surface area contributed by atoms with Crippen LogP contribution in [0.15, 0.2) is 0 Å².